The van der Waals surface area contributed by atoms with Gasteiger partial charge in [0.15, 0.2) is 5.78 Å². The molecule has 0 saturated carbocycles. The second-order valence-corrected chi connectivity index (χ2v) is 8.13. The van der Waals surface area contributed by atoms with Crippen LogP contribution in [0, 0.1) is 19.3 Å². The quantitative estimate of drug-likeness (QED) is 0.655. The maximum Gasteiger partial charge on any atom is 0.244 e. The minimum atomic E-state index is -0.476. The molecule has 27 heavy (non-hydrogen) atoms. The largest absolute Gasteiger partial charge is 0.337 e. The van der Waals surface area contributed by atoms with Gasteiger partial charge in [-0.15, -0.1) is 0 Å². The fraction of sp³-hybridized carbons (Fsp3) is 0.304. The Morgan fingerprint density at radius 3 is 2.41 bits per heavy atom. The molecule has 1 heterocycles. The number of nitrogens with zero attached hydrogens (tertiary/aromatic N) is 1. The van der Waals surface area contributed by atoms with Crippen molar-refractivity contribution in [3.63, 3.8) is 0 Å². The first-order chi connectivity index (χ1) is 12.7. The molecular weight excluding hydrogens is 336 g/mol. The fourth-order valence-corrected chi connectivity index (χ4v) is 3.26. The summed E-state index contributed by atoms with van der Waals surface area (Å²) in [5.41, 5.74) is 4.08. The number of hydrogen-bond acceptors (Lipinski definition) is 2. The minimum Gasteiger partial charge on any atom is -0.337 e. The van der Waals surface area contributed by atoms with Crippen LogP contribution in [0.3, 0.4) is 0 Å². The second kappa shape index (κ2) is 7.03. The Morgan fingerprint density at radius 2 is 1.74 bits per heavy atom. The molecule has 0 aliphatic heterocycles. The number of carbonyl (C=O) groups is 2. The van der Waals surface area contributed by atoms with Crippen molar-refractivity contribution in [3.05, 3.63) is 65.4 Å². The summed E-state index contributed by atoms with van der Waals surface area (Å²) in [7, 11) is 0. The zero-order valence-corrected chi connectivity index (χ0v) is 16.6. The van der Waals surface area contributed by atoms with Crippen LogP contribution in [0.25, 0.3) is 10.9 Å². The third-order valence-corrected chi connectivity index (χ3v) is 4.68. The van der Waals surface area contributed by atoms with Gasteiger partial charge in [0.2, 0.25) is 5.91 Å². The molecule has 0 atom stereocenters. The smallest absolute Gasteiger partial charge is 0.244 e. The van der Waals surface area contributed by atoms with Crippen molar-refractivity contribution in [1.82, 2.24) is 4.57 Å². The lowest BCUT2D eigenvalue weighted by Crippen LogP contribution is -2.20. The molecule has 3 aromatic rings. The lowest BCUT2D eigenvalue weighted by molar-refractivity contribution is -0.116. The highest BCUT2D eigenvalue weighted by Crippen LogP contribution is 2.28. The number of nitrogens with one attached hydrogen (secondary N) is 1. The van der Waals surface area contributed by atoms with Crippen molar-refractivity contribution >= 4 is 28.3 Å². The van der Waals surface area contributed by atoms with Gasteiger partial charge in [0, 0.05) is 33.8 Å². The number of carbonyl (C=O) groups excluding carboxylic acids is 2. The van der Waals surface area contributed by atoms with Crippen molar-refractivity contribution in [1.29, 1.82) is 0 Å². The van der Waals surface area contributed by atoms with Crippen molar-refractivity contribution in [2.75, 3.05) is 5.32 Å². The lowest BCUT2D eigenvalue weighted by Gasteiger charge is -2.15. The molecule has 2 aromatic carbocycles. The van der Waals surface area contributed by atoms with E-state index in [1.807, 2.05) is 81.7 Å². The minimum absolute atomic E-state index is 0.0761. The van der Waals surface area contributed by atoms with Crippen LogP contribution in [0.4, 0.5) is 5.69 Å². The van der Waals surface area contributed by atoms with E-state index in [1.54, 1.807) is 6.20 Å². The van der Waals surface area contributed by atoms with E-state index in [-0.39, 0.29) is 18.2 Å². The Kier molecular flexibility index (Phi) is 4.92. The van der Waals surface area contributed by atoms with E-state index >= 15 is 0 Å². The summed E-state index contributed by atoms with van der Waals surface area (Å²) in [6.07, 6.45) is 1.81. The highest BCUT2D eigenvalue weighted by molar-refractivity contribution is 6.10. The highest BCUT2D eigenvalue weighted by Gasteiger charge is 2.26. The summed E-state index contributed by atoms with van der Waals surface area (Å²) in [6, 6.07) is 13.7. The zero-order valence-electron chi connectivity index (χ0n) is 16.6. The van der Waals surface area contributed by atoms with Crippen LogP contribution >= 0.6 is 0 Å². The molecule has 0 fully saturated rings. The molecule has 1 amide bonds. The summed E-state index contributed by atoms with van der Waals surface area (Å²) >= 11 is 0. The number of para-hydroxylation sites is 1. The van der Waals surface area contributed by atoms with Crippen LogP contribution < -0.4 is 5.32 Å². The molecule has 0 spiro atoms. The molecule has 3 rings (SSSR count). The van der Waals surface area contributed by atoms with Gasteiger partial charge in [-0.1, -0.05) is 56.7 Å². The summed E-state index contributed by atoms with van der Waals surface area (Å²) in [4.78, 5) is 25.5. The predicted molar refractivity (Wildman–Crippen MR) is 110 cm³/mol. The predicted octanol–water partition coefficient (Wildman–Crippen LogP) is 5.13. The van der Waals surface area contributed by atoms with Crippen LogP contribution in [0.2, 0.25) is 0 Å². The highest BCUT2D eigenvalue weighted by atomic mass is 16.2. The van der Waals surface area contributed by atoms with Crippen LogP contribution in [0.15, 0.2) is 48.7 Å². The monoisotopic (exact) mass is 362 g/mol. The first-order valence-corrected chi connectivity index (χ1v) is 9.16. The van der Waals surface area contributed by atoms with Gasteiger partial charge >= 0.3 is 0 Å². The number of anilines is 1. The van der Waals surface area contributed by atoms with Crippen LogP contribution in [0.1, 0.15) is 42.3 Å². The zero-order chi connectivity index (χ0) is 19.8. The number of aromatic nitrogens is 1. The normalized spacial score (nSPS) is 11.6. The van der Waals surface area contributed by atoms with E-state index in [4.69, 9.17) is 0 Å². The van der Waals surface area contributed by atoms with E-state index < -0.39 is 5.41 Å². The van der Waals surface area contributed by atoms with Crippen molar-refractivity contribution < 1.29 is 9.59 Å². The number of fused-ring (bicyclic) bond motifs is 1. The standard InChI is InChI=1S/C23H26N2O2/c1-15-10-11-19(16(2)12-15)24-21(26)14-25-13-18(22(27)23(3,4)5)17-8-6-7-9-20(17)25/h6-13H,14H2,1-5H3,(H,24,26). The first-order valence-electron chi connectivity index (χ1n) is 9.16. The number of hydrogen-bond donors (Lipinski definition) is 1. The maximum absolute atomic E-state index is 12.8. The molecule has 140 valence electrons. The Hall–Kier alpha value is -2.88. The molecule has 1 N–H and O–H groups in total. The lowest BCUT2D eigenvalue weighted by atomic mass is 9.86. The Balaban J connectivity index is 1.91. The van der Waals surface area contributed by atoms with Crippen molar-refractivity contribution in [3.8, 4) is 0 Å². The van der Waals surface area contributed by atoms with Crippen LogP contribution in [-0.4, -0.2) is 16.3 Å². The van der Waals surface area contributed by atoms with E-state index in [0.717, 1.165) is 27.7 Å². The van der Waals surface area contributed by atoms with Crippen LogP contribution in [-0.2, 0) is 11.3 Å². The number of amides is 1. The molecule has 0 aliphatic carbocycles. The molecule has 0 radical (unpaired) electrons. The summed E-state index contributed by atoms with van der Waals surface area (Å²) < 4.78 is 1.85. The SMILES string of the molecule is Cc1ccc(NC(=O)Cn2cc(C(=O)C(C)(C)C)c3ccccc32)c(C)c1. The van der Waals surface area contributed by atoms with Gasteiger partial charge in [0.05, 0.1) is 0 Å². The Bertz CT molecular complexity index is 1020. The van der Waals surface area contributed by atoms with Gasteiger partial charge < -0.3 is 9.88 Å². The number of rotatable bonds is 4. The van der Waals surface area contributed by atoms with Crippen molar-refractivity contribution in [2.24, 2.45) is 5.41 Å². The molecule has 0 unspecified atom stereocenters. The molecule has 4 nitrogen and oxygen atoms in total. The summed E-state index contributed by atoms with van der Waals surface area (Å²) in [6.45, 7) is 9.90. The number of Topliss-reactive ketones (excluding diaryl/α,β-unsaturated/α-hetero) is 1. The van der Waals surface area contributed by atoms with Gasteiger partial charge in [-0.05, 0) is 31.5 Å². The molecular formula is C23H26N2O2. The van der Waals surface area contributed by atoms with Gasteiger partial charge in [-0.2, -0.15) is 0 Å². The molecule has 4 heteroatoms. The van der Waals surface area contributed by atoms with E-state index in [1.165, 1.54) is 0 Å². The van der Waals surface area contributed by atoms with E-state index in [0.29, 0.717) is 5.56 Å². The number of benzene rings is 2. The topological polar surface area (TPSA) is 51.1 Å². The third kappa shape index (κ3) is 3.95. The molecule has 0 aliphatic rings. The Morgan fingerprint density at radius 1 is 1.04 bits per heavy atom. The summed E-state index contributed by atoms with van der Waals surface area (Å²) in [5, 5.41) is 3.86. The average Bonchev–Trinajstić information content (AvgIpc) is 2.94. The number of ketones is 1. The second-order valence-electron chi connectivity index (χ2n) is 8.13. The van der Waals surface area contributed by atoms with E-state index in [9.17, 15) is 9.59 Å². The first kappa shape index (κ1) is 18.9. The number of aryl methyl sites for hydroxylation is 2. The average molecular weight is 362 g/mol. The van der Waals surface area contributed by atoms with Gasteiger partial charge in [-0.3, -0.25) is 9.59 Å². The maximum atomic E-state index is 12.8. The molecule has 0 saturated heterocycles. The molecule has 1 aromatic heterocycles. The Labute approximate surface area is 160 Å². The van der Waals surface area contributed by atoms with Gasteiger partial charge in [-0.25, -0.2) is 0 Å². The van der Waals surface area contributed by atoms with Crippen LogP contribution in [0.5, 0.6) is 0 Å². The molecule has 0 bridgehead atoms. The van der Waals surface area contributed by atoms with E-state index in [2.05, 4.69) is 5.32 Å². The van der Waals surface area contributed by atoms with Crippen molar-refractivity contribution in [2.45, 2.75) is 41.2 Å². The third-order valence-electron chi connectivity index (χ3n) is 4.68. The summed E-state index contributed by atoms with van der Waals surface area (Å²) in [5.74, 6) is -0.0373. The van der Waals surface area contributed by atoms with Gasteiger partial charge in [0.1, 0.15) is 6.54 Å². The van der Waals surface area contributed by atoms with Gasteiger partial charge in [0.25, 0.3) is 0 Å². The fourth-order valence-electron chi connectivity index (χ4n) is 3.26.